The molecule has 0 radical (unpaired) electrons. The van der Waals surface area contributed by atoms with Crippen molar-refractivity contribution in [2.75, 3.05) is 7.05 Å². The molecule has 0 aliphatic carbocycles. The average molecular weight is 184 g/mol. The van der Waals surface area contributed by atoms with Gasteiger partial charge in [0.25, 0.3) is 0 Å². The minimum absolute atomic E-state index is 0.350. The Hall–Kier alpha value is -1.23. The van der Waals surface area contributed by atoms with Gasteiger partial charge in [-0.15, -0.1) is 16.4 Å². The van der Waals surface area contributed by atoms with Crippen molar-refractivity contribution in [1.82, 2.24) is 4.90 Å². The molecule has 0 atom stereocenters. The number of hydrazone groups is 1. The van der Waals surface area contributed by atoms with Gasteiger partial charge in [-0.1, -0.05) is 6.07 Å². The summed E-state index contributed by atoms with van der Waals surface area (Å²) in [4.78, 5) is 3.04. The van der Waals surface area contributed by atoms with E-state index in [-0.39, 0.29) is 0 Å². The number of rotatable bonds is 2. The van der Waals surface area contributed by atoms with Crippen LogP contribution in [0.4, 0.5) is 0 Å². The number of guanidine groups is 1. The zero-order chi connectivity index (χ0) is 8.97. The van der Waals surface area contributed by atoms with Crippen molar-refractivity contribution >= 4 is 17.3 Å². The Labute approximate surface area is 75.5 Å². The molecule has 4 N–H and O–H groups in total. The summed E-state index contributed by atoms with van der Waals surface area (Å²) in [6.07, 6.45) is 0. The van der Waals surface area contributed by atoms with Crippen molar-refractivity contribution in [2.45, 2.75) is 6.54 Å². The zero-order valence-corrected chi connectivity index (χ0v) is 7.71. The van der Waals surface area contributed by atoms with Gasteiger partial charge in [0.1, 0.15) is 0 Å². The second-order valence-corrected chi connectivity index (χ2v) is 3.45. The molecule has 0 aromatic carbocycles. The van der Waals surface area contributed by atoms with E-state index in [4.69, 9.17) is 11.6 Å². The van der Waals surface area contributed by atoms with E-state index in [9.17, 15) is 0 Å². The Balaban J connectivity index is 2.53. The molecular weight excluding hydrogens is 172 g/mol. The molecule has 66 valence electrons. The fourth-order valence-corrected chi connectivity index (χ4v) is 1.57. The van der Waals surface area contributed by atoms with E-state index in [1.54, 1.807) is 16.2 Å². The minimum atomic E-state index is 0.350. The van der Waals surface area contributed by atoms with Crippen LogP contribution in [0.5, 0.6) is 0 Å². The van der Waals surface area contributed by atoms with Crippen molar-refractivity contribution in [1.29, 1.82) is 0 Å². The quantitative estimate of drug-likeness (QED) is 0.302. The molecule has 1 aromatic rings. The first-order valence-corrected chi connectivity index (χ1v) is 4.39. The largest absolute Gasteiger partial charge is 0.368 e. The van der Waals surface area contributed by atoms with E-state index in [1.165, 1.54) is 4.88 Å². The molecule has 1 rings (SSSR count). The van der Waals surface area contributed by atoms with Crippen LogP contribution in [0, 0.1) is 0 Å². The summed E-state index contributed by atoms with van der Waals surface area (Å²) >= 11 is 1.69. The number of thiophene rings is 1. The highest BCUT2D eigenvalue weighted by atomic mass is 32.1. The lowest BCUT2D eigenvalue weighted by molar-refractivity contribution is 0.497. The smallest absolute Gasteiger partial charge is 0.213 e. The van der Waals surface area contributed by atoms with Gasteiger partial charge in [-0.3, -0.25) is 0 Å². The van der Waals surface area contributed by atoms with Crippen molar-refractivity contribution < 1.29 is 0 Å². The van der Waals surface area contributed by atoms with Gasteiger partial charge in [0.05, 0.1) is 6.54 Å². The second kappa shape index (κ2) is 3.96. The zero-order valence-electron chi connectivity index (χ0n) is 6.90. The molecule has 0 aliphatic heterocycles. The molecule has 1 aromatic heterocycles. The van der Waals surface area contributed by atoms with Crippen LogP contribution in [0.25, 0.3) is 0 Å². The molecule has 4 nitrogen and oxygen atoms in total. The Morgan fingerprint density at radius 1 is 1.75 bits per heavy atom. The van der Waals surface area contributed by atoms with Crippen molar-refractivity contribution in [3.05, 3.63) is 22.4 Å². The van der Waals surface area contributed by atoms with Crippen LogP contribution in [0.1, 0.15) is 4.88 Å². The first-order valence-electron chi connectivity index (χ1n) is 3.51. The first-order chi connectivity index (χ1) is 5.74. The maximum Gasteiger partial charge on any atom is 0.213 e. The van der Waals surface area contributed by atoms with Crippen LogP contribution in [-0.4, -0.2) is 17.9 Å². The number of hydrogen-bond donors (Lipinski definition) is 2. The molecule has 0 amide bonds. The molecule has 5 heteroatoms. The number of nitrogens with two attached hydrogens (primary N) is 2. The van der Waals surface area contributed by atoms with Crippen molar-refractivity contribution in [3.8, 4) is 0 Å². The molecule has 0 saturated heterocycles. The highest BCUT2D eigenvalue weighted by Gasteiger charge is 2.02. The second-order valence-electron chi connectivity index (χ2n) is 2.42. The standard InChI is InChI=1S/C7H12N4S/c1-11(7(8)10-9)5-6-3-2-4-12-6/h2-4H,5,9H2,1H3,(H2,8,10). The van der Waals surface area contributed by atoms with Crippen LogP contribution in [0.2, 0.25) is 0 Å². The maximum atomic E-state index is 5.49. The molecule has 0 unspecified atom stereocenters. The molecule has 12 heavy (non-hydrogen) atoms. The van der Waals surface area contributed by atoms with Crippen LogP contribution in [-0.2, 0) is 6.54 Å². The minimum Gasteiger partial charge on any atom is -0.368 e. The van der Waals surface area contributed by atoms with Gasteiger partial charge in [-0.25, -0.2) is 0 Å². The lowest BCUT2D eigenvalue weighted by Crippen LogP contribution is -2.34. The predicted molar refractivity (Wildman–Crippen MR) is 51.6 cm³/mol. The SMILES string of the molecule is CN(Cc1cccs1)C(N)=NN. The third-order valence-corrected chi connectivity index (χ3v) is 2.36. The van der Waals surface area contributed by atoms with E-state index < -0.39 is 0 Å². The number of hydrogen-bond acceptors (Lipinski definition) is 3. The fraction of sp³-hybridized carbons (Fsp3) is 0.286. The van der Waals surface area contributed by atoms with Gasteiger partial charge in [-0.2, -0.15) is 0 Å². The third-order valence-electron chi connectivity index (χ3n) is 1.50. The van der Waals surface area contributed by atoms with Crippen molar-refractivity contribution in [3.63, 3.8) is 0 Å². The van der Waals surface area contributed by atoms with Gasteiger partial charge in [0.15, 0.2) is 0 Å². The molecule has 0 spiro atoms. The Kier molecular flexibility index (Phi) is 2.93. The van der Waals surface area contributed by atoms with E-state index in [2.05, 4.69) is 5.10 Å². The highest BCUT2D eigenvalue weighted by Crippen LogP contribution is 2.10. The van der Waals surface area contributed by atoms with Gasteiger partial charge in [0.2, 0.25) is 5.96 Å². The third kappa shape index (κ3) is 2.13. The van der Waals surface area contributed by atoms with Gasteiger partial charge in [-0.05, 0) is 11.4 Å². The van der Waals surface area contributed by atoms with Gasteiger partial charge >= 0.3 is 0 Å². The van der Waals surface area contributed by atoms with E-state index >= 15 is 0 Å². The normalized spacial score (nSPS) is 11.6. The molecule has 0 fully saturated rings. The summed E-state index contributed by atoms with van der Waals surface area (Å²) in [5.74, 6) is 5.38. The molecular formula is C7H12N4S. The topological polar surface area (TPSA) is 67.6 Å². The molecule has 0 aliphatic rings. The molecule has 0 saturated carbocycles. The monoisotopic (exact) mass is 184 g/mol. The van der Waals surface area contributed by atoms with Crippen molar-refractivity contribution in [2.24, 2.45) is 16.7 Å². The van der Waals surface area contributed by atoms with Gasteiger partial charge in [0, 0.05) is 11.9 Å². The molecule has 1 heterocycles. The highest BCUT2D eigenvalue weighted by molar-refractivity contribution is 7.09. The lowest BCUT2D eigenvalue weighted by atomic mass is 10.4. The van der Waals surface area contributed by atoms with E-state index in [0.29, 0.717) is 5.96 Å². The Morgan fingerprint density at radius 3 is 3.00 bits per heavy atom. The van der Waals surface area contributed by atoms with Crippen LogP contribution in [0.15, 0.2) is 22.6 Å². The average Bonchev–Trinajstić information content (AvgIpc) is 2.55. The summed E-state index contributed by atoms with van der Waals surface area (Å²) < 4.78 is 0. The summed E-state index contributed by atoms with van der Waals surface area (Å²) in [6.45, 7) is 0.754. The lowest BCUT2D eigenvalue weighted by Gasteiger charge is -2.15. The predicted octanol–water partition coefficient (Wildman–Crippen LogP) is 0.368. The fourth-order valence-electron chi connectivity index (χ4n) is 0.816. The summed E-state index contributed by atoms with van der Waals surface area (Å²) in [5, 5.41) is 5.42. The summed E-state index contributed by atoms with van der Waals surface area (Å²) in [5.41, 5.74) is 5.49. The van der Waals surface area contributed by atoms with Gasteiger partial charge < -0.3 is 16.5 Å². The Bertz CT molecular complexity index is 254. The van der Waals surface area contributed by atoms with E-state index in [0.717, 1.165) is 6.54 Å². The summed E-state index contributed by atoms with van der Waals surface area (Å²) in [6, 6.07) is 4.05. The Morgan fingerprint density at radius 2 is 2.50 bits per heavy atom. The molecule has 0 bridgehead atoms. The van der Waals surface area contributed by atoms with Crippen LogP contribution in [0.3, 0.4) is 0 Å². The van der Waals surface area contributed by atoms with E-state index in [1.807, 2.05) is 24.6 Å². The number of nitrogens with zero attached hydrogens (tertiary/aromatic N) is 2. The maximum absolute atomic E-state index is 5.49. The first kappa shape index (κ1) is 8.86. The van der Waals surface area contributed by atoms with Crippen LogP contribution < -0.4 is 11.6 Å². The summed E-state index contributed by atoms with van der Waals surface area (Å²) in [7, 11) is 1.85. The van der Waals surface area contributed by atoms with Crippen LogP contribution >= 0.6 is 11.3 Å².